The number of hydrogen-bond acceptors (Lipinski definition) is 4. The van der Waals surface area contributed by atoms with Crippen molar-refractivity contribution in [3.63, 3.8) is 0 Å². The molecule has 2 unspecified atom stereocenters. The summed E-state index contributed by atoms with van der Waals surface area (Å²) in [5.74, 6) is 0.402. The molecule has 1 aliphatic carbocycles. The second-order valence-corrected chi connectivity index (χ2v) is 3.78. The Hall–Kier alpha value is -1.36. The highest BCUT2D eigenvalue weighted by Gasteiger charge is 2.24. The number of aromatic nitrogens is 2. The number of hydrogen-bond donors (Lipinski definition) is 2. The van der Waals surface area contributed by atoms with E-state index in [4.69, 9.17) is 4.74 Å². The van der Waals surface area contributed by atoms with E-state index < -0.39 is 0 Å². The van der Waals surface area contributed by atoms with E-state index in [9.17, 15) is 4.79 Å². The van der Waals surface area contributed by atoms with E-state index in [1.807, 2.05) is 0 Å². The average Bonchev–Trinajstić information content (AvgIpc) is 2.69. The van der Waals surface area contributed by atoms with Crippen LogP contribution in [0.25, 0.3) is 0 Å². The quantitative estimate of drug-likeness (QED) is 0.770. The SMILES string of the molecule is COC1CCC(Nc2ncc[nH]c2=O)C1. The summed E-state index contributed by atoms with van der Waals surface area (Å²) in [7, 11) is 1.72. The molecular weight excluding hydrogens is 194 g/mol. The van der Waals surface area contributed by atoms with Crippen LogP contribution in [0.5, 0.6) is 0 Å². The standard InChI is InChI=1S/C10H15N3O2/c1-15-8-3-2-7(6-8)13-9-10(14)12-5-4-11-9/h4-5,7-8H,2-3,6H2,1H3,(H,11,13)(H,12,14). The van der Waals surface area contributed by atoms with Crippen molar-refractivity contribution in [1.29, 1.82) is 0 Å². The largest absolute Gasteiger partial charge is 0.381 e. The Morgan fingerprint density at radius 3 is 3.13 bits per heavy atom. The minimum absolute atomic E-state index is 0.168. The molecule has 5 nitrogen and oxygen atoms in total. The van der Waals surface area contributed by atoms with Gasteiger partial charge in [-0.25, -0.2) is 4.98 Å². The zero-order valence-electron chi connectivity index (χ0n) is 8.69. The molecule has 0 aromatic carbocycles. The molecule has 0 aliphatic heterocycles. The normalized spacial score (nSPS) is 25.4. The van der Waals surface area contributed by atoms with Gasteiger partial charge in [-0.3, -0.25) is 4.79 Å². The van der Waals surface area contributed by atoms with Crippen molar-refractivity contribution in [3.05, 3.63) is 22.7 Å². The fraction of sp³-hybridized carbons (Fsp3) is 0.600. The lowest BCUT2D eigenvalue weighted by Crippen LogP contribution is -2.23. The van der Waals surface area contributed by atoms with Crippen LogP contribution in [0.2, 0.25) is 0 Å². The molecule has 0 amide bonds. The molecule has 1 aliphatic rings. The smallest absolute Gasteiger partial charge is 0.290 e. The summed E-state index contributed by atoms with van der Waals surface area (Å²) < 4.78 is 5.26. The minimum Gasteiger partial charge on any atom is -0.381 e. The predicted molar refractivity (Wildman–Crippen MR) is 56.9 cm³/mol. The Bertz CT molecular complexity index is 377. The lowest BCUT2D eigenvalue weighted by atomic mass is 10.2. The van der Waals surface area contributed by atoms with Crippen LogP contribution >= 0.6 is 0 Å². The summed E-state index contributed by atoms with van der Waals surface area (Å²) in [5.41, 5.74) is -0.168. The minimum atomic E-state index is -0.168. The lowest BCUT2D eigenvalue weighted by molar-refractivity contribution is 0.108. The van der Waals surface area contributed by atoms with Crippen LogP contribution < -0.4 is 10.9 Å². The number of methoxy groups -OCH3 is 1. The molecule has 0 radical (unpaired) electrons. The fourth-order valence-corrected chi connectivity index (χ4v) is 1.93. The Labute approximate surface area is 87.9 Å². The van der Waals surface area contributed by atoms with Gasteiger partial charge in [0.25, 0.3) is 5.56 Å². The van der Waals surface area contributed by atoms with Crippen LogP contribution in [-0.4, -0.2) is 29.2 Å². The van der Waals surface area contributed by atoms with Crippen molar-refractivity contribution >= 4 is 5.82 Å². The summed E-state index contributed by atoms with van der Waals surface area (Å²) in [5, 5.41) is 3.14. The van der Waals surface area contributed by atoms with Gasteiger partial charge in [-0.05, 0) is 19.3 Å². The van der Waals surface area contributed by atoms with Crippen molar-refractivity contribution in [3.8, 4) is 0 Å². The third-order valence-corrected chi connectivity index (χ3v) is 2.77. The summed E-state index contributed by atoms with van der Waals surface area (Å²) in [4.78, 5) is 17.9. The van der Waals surface area contributed by atoms with Gasteiger partial charge in [0.1, 0.15) is 0 Å². The first-order valence-corrected chi connectivity index (χ1v) is 5.12. The highest BCUT2D eigenvalue weighted by molar-refractivity contribution is 5.32. The maximum atomic E-state index is 11.3. The summed E-state index contributed by atoms with van der Waals surface area (Å²) in [6, 6.07) is 0.297. The van der Waals surface area contributed by atoms with Crippen LogP contribution in [0.1, 0.15) is 19.3 Å². The molecular formula is C10H15N3O2. The Kier molecular flexibility index (Phi) is 3.01. The number of rotatable bonds is 3. The third-order valence-electron chi connectivity index (χ3n) is 2.77. The highest BCUT2D eigenvalue weighted by Crippen LogP contribution is 2.23. The van der Waals surface area contributed by atoms with Gasteiger partial charge < -0.3 is 15.0 Å². The van der Waals surface area contributed by atoms with Gasteiger partial charge in [-0.2, -0.15) is 0 Å². The molecule has 0 saturated heterocycles. The number of anilines is 1. The number of nitrogens with zero attached hydrogens (tertiary/aromatic N) is 1. The van der Waals surface area contributed by atoms with Crippen molar-refractivity contribution in [2.24, 2.45) is 0 Å². The van der Waals surface area contributed by atoms with Gasteiger partial charge in [0.2, 0.25) is 0 Å². The van der Waals surface area contributed by atoms with Crippen molar-refractivity contribution < 1.29 is 4.74 Å². The molecule has 0 bridgehead atoms. The molecule has 1 saturated carbocycles. The molecule has 1 heterocycles. The highest BCUT2D eigenvalue weighted by atomic mass is 16.5. The molecule has 0 spiro atoms. The lowest BCUT2D eigenvalue weighted by Gasteiger charge is -2.12. The Morgan fingerprint density at radius 2 is 2.47 bits per heavy atom. The third kappa shape index (κ3) is 2.36. The van der Waals surface area contributed by atoms with E-state index in [2.05, 4.69) is 15.3 Å². The van der Waals surface area contributed by atoms with Gasteiger partial charge in [0.05, 0.1) is 6.10 Å². The molecule has 2 rings (SSSR count). The van der Waals surface area contributed by atoms with Gasteiger partial charge in [0, 0.05) is 25.5 Å². The maximum absolute atomic E-state index is 11.3. The van der Waals surface area contributed by atoms with Gasteiger partial charge in [0.15, 0.2) is 5.82 Å². The van der Waals surface area contributed by atoms with Crippen molar-refractivity contribution in [1.82, 2.24) is 9.97 Å². The maximum Gasteiger partial charge on any atom is 0.290 e. The van der Waals surface area contributed by atoms with E-state index in [1.165, 1.54) is 6.20 Å². The zero-order chi connectivity index (χ0) is 10.7. The van der Waals surface area contributed by atoms with Crippen LogP contribution in [-0.2, 0) is 4.74 Å². The summed E-state index contributed by atoms with van der Waals surface area (Å²) in [6.07, 6.45) is 6.41. The van der Waals surface area contributed by atoms with E-state index in [0.29, 0.717) is 18.0 Å². The van der Waals surface area contributed by atoms with Gasteiger partial charge >= 0.3 is 0 Å². The molecule has 15 heavy (non-hydrogen) atoms. The van der Waals surface area contributed by atoms with Crippen LogP contribution in [0, 0.1) is 0 Å². The number of aromatic amines is 1. The first-order valence-electron chi connectivity index (χ1n) is 5.12. The van der Waals surface area contributed by atoms with Crippen LogP contribution in [0.3, 0.4) is 0 Å². The topological polar surface area (TPSA) is 67.0 Å². The van der Waals surface area contributed by atoms with E-state index in [0.717, 1.165) is 19.3 Å². The number of nitrogens with one attached hydrogen (secondary N) is 2. The molecule has 2 N–H and O–H groups in total. The van der Waals surface area contributed by atoms with Gasteiger partial charge in [-0.15, -0.1) is 0 Å². The average molecular weight is 209 g/mol. The first kappa shape index (κ1) is 10.2. The van der Waals surface area contributed by atoms with Crippen LogP contribution in [0.4, 0.5) is 5.82 Å². The molecule has 1 aromatic heterocycles. The molecule has 1 fully saturated rings. The van der Waals surface area contributed by atoms with Gasteiger partial charge in [-0.1, -0.05) is 0 Å². The van der Waals surface area contributed by atoms with E-state index >= 15 is 0 Å². The van der Waals surface area contributed by atoms with E-state index in [-0.39, 0.29) is 5.56 Å². The molecule has 2 atom stereocenters. The number of ether oxygens (including phenoxy) is 1. The summed E-state index contributed by atoms with van der Waals surface area (Å²) in [6.45, 7) is 0. The van der Waals surface area contributed by atoms with Crippen molar-refractivity contribution in [2.75, 3.05) is 12.4 Å². The second-order valence-electron chi connectivity index (χ2n) is 3.78. The first-order chi connectivity index (χ1) is 7.29. The monoisotopic (exact) mass is 209 g/mol. The predicted octanol–water partition coefficient (Wildman–Crippen LogP) is 0.749. The molecule has 1 aromatic rings. The van der Waals surface area contributed by atoms with Crippen molar-refractivity contribution in [2.45, 2.75) is 31.4 Å². The number of H-pyrrole nitrogens is 1. The molecule has 5 heteroatoms. The van der Waals surface area contributed by atoms with E-state index in [1.54, 1.807) is 13.3 Å². The zero-order valence-corrected chi connectivity index (χ0v) is 8.69. The second kappa shape index (κ2) is 4.44. The fourth-order valence-electron chi connectivity index (χ4n) is 1.93. The Balaban J connectivity index is 1.99. The van der Waals surface area contributed by atoms with Crippen LogP contribution in [0.15, 0.2) is 17.2 Å². The summed E-state index contributed by atoms with van der Waals surface area (Å²) >= 11 is 0. The Morgan fingerprint density at radius 1 is 1.60 bits per heavy atom. The molecule has 82 valence electrons.